The highest BCUT2D eigenvalue weighted by Crippen LogP contribution is 2.36. The molecule has 0 fully saturated rings. The van der Waals surface area contributed by atoms with Gasteiger partial charge in [-0.1, -0.05) is 74.0 Å². The number of amides is 1. The van der Waals surface area contributed by atoms with Crippen LogP contribution in [0.1, 0.15) is 51.0 Å². The van der Waals surface area contributed by atoms with Crippen LogP contribution in [0.4, 0.5) is 0 Å². The zero-order valence-electron chi connectivity index (χ0n) is 22.3. The molecule has 0 saturated heterocycles. The van der Waals surface area contributed by atoms with Crippen molar-refractivity contribution in [3.8, 4) is 11.5 Å². The molecule has 2 heterocycles. The number of fused-ring (bicyclic) bond motifs is 1. The molecule has 8 nitrogen and oxygen atoms in total. The fourth-order valence-corrected chi connectivity index (χ4v) is 5.56. The Hall–Kier alpha value is -2.85. The highest BCUT2D eigenvalue weighted by Gasteiger charge is 2.35. The first kappa shape index (κ1) is 30.1. The first-order valence-electron chi connectivity index (χ1n) is 13.3. The van der Waals surface area contributed by atoms with Crippen LogP contribution in [-0.2, 0) is 9.53 Å². The van der Waals surface area contributed by atoms with Gasteiger partial charge in [-0.3, -0.25) is 10.2 Å². The van der Waals surface area contributed by atoms with Crippen molar-refractivity contribution in [2.75, 3.05) is 26.4 Å². The Morgan fingerprint density at radius 2 is 1.68 bits per heavy atom. The largest absolute Gasteiger partial charge is 0.491 e. The standard InChI is InChI=1S/C29H32Cl2N4O4S/c1-2-3-4-5-9-12-25-34-35-27(32)22(28(36)33-29(35)40-25)17-20-18-23(30)26(24(31)19-20)39-16-14-37-13-15-38-21-10-7-6-8-11-21/h6-8,10-11,17-19,32H,2-5,9,12-16H2,1H3/b22-17-,32-27?. The van der Waals surface area contributed by atoms with Crippen LogP contribution in [0.25, 0.3) is 6.08 Å². The number of carbonyl (C=O) groups is 1. The molecule has 212 valence electrons. The number of amidine groups is 2. The average molecular weight is 604 g/mol. The number of carbonyl (C=O) groups excluding carboxylic acids is 1. The zero-order chi connectivity index (χ0) is 28.3. The molecule has 40 heavy (non-hydrogen) atoms. The summed E-state index contributed by atoms with van der Waals surface area (Å²) in [5.74, 6) is 0.593. The van der Waals surface area contributed by atoms with Crippen molar-refractivity contribution in [1.29, 1.82) is 5.41 Å². The third-order valence-corrected chi connectivity index (χ3v) is 7.57. The number of ether oxygens (including phenoxy) is 3. The monoisotopic (exact) mass is 602 g/mol. The maximum absolute atomic E-state index is 12.8. The Bertz CT molecular complexity index is 1280. The van der Waals surface area contributed by atoms with E-state index in [1.54, 1.807) is 18.2 Å². The van der Waals surface area contributed by atoms with Crippen LogP contribution in [0.2, 0.25) is 10.0 Å². The number of benzene rings is 2. The summed E-state index contributed by atoms with van der Waals surface area (Å²) in [6, 6.07) is 12.8. The Morgan fingerprint density at radius 3 is 2.40 bits per heavy atom. The molecule has 2 aromatic carbocycles. The number of hydrogen-bond acceptors (Lipinski definition) is 7. The molecule has 4 rings (SSSR count). The minimum Gasteiger partial charge on any atom is -0.491 e. The summed E-state index contributed by atoms with van der Waals surface area (Å²) >= 11 is 14.2. The van der Waals surface area contributed by atoms with Gasteiger partial charge in [0.15, 0.2) is 11.6 Å². The molecule has 2 aliphatic heterocycles. The second-order valence-corrected chi connectivity index (χ2v) is 11.0. The number of aliphatic imine (C=N–C) groups is 1. The van der Waals surface area contributed by atoms with E-state index in [-0.39, 0.29) is 28.1 Å². The summed E-state index contributed by atoms with van der Waals surface area (Å²) in [7, 11) is 0. The second kappa shape index (κ2) is 15.2. The quantitative estimate of drug-likeness (QED) is 0.168. The molecule has 0 bridgehead atoms. The normalized spacial score (nSPS) is 15.8. The van der Waals surface area contributed by atoms with E-state index in [2.05, 4.69) is 17.0 Å². The molecular weight excluding hydrogens is 571 g/mol. The number of thioether (sulfide) groups is 1. The van der Waals surface area contributed by atoms with Gasteiger partial charge in [0.2, 0.25) is 5.17 Å². The molecule has 0 atom stereocenters. The van der Waals surface area contributed by atoms with Crippen molar-refractivity contribution in [3.63, 3.8) is 0 Å². The van der Waals surface area contributed by atoms with Crippen molar-refractivity contribution in [1.82, 2.24) is 5.01 Å². The van der Waals surface area contributed by atoms with Gasteiger partial charge in [0, 0.05) is 0 Å². The first-order valence-corrected chi connectivity index (χ1v) is 14.9. The van der Waals surface area contributed by atoms with Crippen LogP contribution in [-0.4, -0.2) is 53.4 Å². The minimum absolute atomic E-state index is 0.0237. The SMILES string of the molecule is CCCCCCCC1=NN2C(=N)/C(=C/c3cc(Cl)c(OCCOCCOc4ccccc4)c(Cl)c3)C(=O)N=C2S1. The zero-order valence-corrected chi connectivity index (χ0v) is 24.7. The molecule has 2 aromatic rings. The number of hydrogen-bond donors (Lipinski definition) is 1. The molecular formula is C29H32Cl2N4O4S. The number of nitrogens with zero attached hydrogens (tertiary/aromatic N) is 3. The van der Waals surface area contributed by atoms with E-state index < -0.39 is 5.91 Å². The van der Waals surface area contributed by atoms with E-state index in [1.165, 1.54) is 36.0 Å². The maximum atomic E-state index is 12.8. The lowest BCUT2D eigenvalue weighted by Gasteiger charge is -2.20. The summed E-state index contributed by atoms with van der Waals surface area (Å²) in [5, 5.41) is 16.4. The molecule has 0 aromatic heterocycles. The molecule has 0 saturated carbocycles. The van der Waals surface area contributed by atoms with Crippen LogP contribution in [0.3, 0.4) is 0 Å². The molecule has 0 unspecified atom stereocenters. The van der Waals surface area contributed by atoms with E-state index in [1.807, 2.05) is 30.3 Å². The summed E-state index contributed by atoms with van der Waals surface area (Å²) in [6.07, 6.45) is 8.15. The molecule has 0 aliphatic carbocycles. The summed E-state index contributed by atoms with van der Waals surface area (Å²) in [5.41, 5.74) is 0.666. The van der Waals surface area contributed by atoms with Crippen LogP contribution in [0, 0.1) is 5.41 Å². The fraction of sp³-hybridized carbons (Fsp3) is 0.379. The lowest BCUT2D eigenvalue weighted by Crippen LogP contribution is -2.35. The topological polar surface area (TPSA) is 96.6 Å². The van der Waals surface area contributed by atoms with Crippen LogP contribution < -0.4 is 9.47 Å². The predicted molar refractivity (Wildman–Crippen MR) is 163 cm³/mol. The molecule has 11 heteroatoms. The molecule has 0 spiro atoms. The van der Waals surface area contributed by atoms with Crippen molar-refractivity contribution in [2.24, 2.45) is 10.1 Å². The highest BCUT2D eigenvalue weighted by molar-refractivity contribution is 8.26. The predicted octanol–water partition coefficient (Wildman–Crippen LogP) is 7.45. The Kier molecular flexibility index (Phi) is 11.5. The van der Waals surface area contributed by atoms with E-state index in [4.69, 9.17) is 42.8 Å². The van der Waals surface area contributed by atoms with Gasteiger partial charge >= 0.3 is 0 Å². The second-order valence-electron chi connectivity index (χ2n) is 9.11. The molecule has 0 radical (unpaired) electrons. The lowest BCUT2D eigenvalue weighted by molar-refractivity contribution is -0.114. The highest BCUT2D eigenvalue weighted by atomic mass is 35.5. The van der Waals surface area contributed by atoms with Gasteiger partial charge in [0.05, 0.1) is 28.8 Å². The van der Waals surface area contributed by atoms with Gasteiger partial charge < -0.3 is 14.2 Å². The summed E-state index contributed by atoms with van der Waals surface area (Å²) < 4.78 is 16.9. The number of nitrogens with one attached hydrogen (secondary N) is 1. The van der Waals surface area contributed by atoms with Crippen molar-refractivity contribution < 1.29 is 19.0 Å². The van der Waals surface area contributed by atoms with Crippen LogP contribution in [0.5, 0.6) is 11.5 Å². The number of rotatable bonds is 15. The van der Waals surface area contributed by atoms with Gasteiger partial charge in [0.1, 0.15) is 24.0 Å². The van der Waals surface area contributed by atoms with Crippen LogP contribution >= 0.6 is 35.0 Å². The van der Waals surface area contributed by atoms with E-state index >= 15 is 0 Å². The van der Waals surface area contributed by atoms with E-state index in [9.17, 15) is 4.79 Å². The van der Waals surface area contributed by atoms with E-state index in [0.29, 0.717) is 36.3 Å². The van der Waals surface area contributed by atoms with Gasteiger partial charge in [-0.25, -0.2) is 0 Å². The van der Waals surface area contributed by atoms with Gasteiger partial charge in [-0.15, -0.1) is 0 Å². The lowest BCUT2D eigenvalue weighted by atomic mass is 10.1. The maximum Gasteiger partial charge on any atom is 0.283 e. The van der Waals surface area contributed by atoms with Crippen molar-refractivity contribution >= 4 is 63.0 Å². The number of hydrazone groups is 1. The molecule has 2 aliphatic rings. The Morgan fingerprint density at radius 1 is 0.975 bits per heavy atom. The van der Waals surface area contributed by atoms with Crippen molar-refractivity contribution in [3.05, 3.63) is 63.6 Å². The fourth-order valence-electron chi connectivity index (χ4n) is 4.02. The smallest absolute Gasteiger partial charge is 0.283 e. The third-order valence-electron chi connectivity index (χ3n) is 6.04. The van der Waals surface area contributed by atoms with Gasteiger partial charge in [0.25, 0.3) is 5.91 Å². The number of unbranched alkanes of at least 4 members (excludes halogenated alkanes) is 4. The van der Waals surface area contributed by atoms with Gasteiger partial charge in [-0.2, -0.15) is 15.1 Å². The molecule has 1 amide bonds. The number of para-hydroxylation sites is 1. The summed E-state index contributed by atoms with van der Waals surface area (Å²) in [4.78, 5) is 16.9. The molecule has 1 N–H and O–H groups in total. The average Bonchev–Trinajstić information content (AvgIpc) is 3.35. The Labute approximate surface area is 248 Å². The van der Waals surface area contributed by atoms with E-state index in [0.717, 1.165) is 30.1 Å². The van der Waals surface area contributed by atoms with Gasteiger partial charge in [-0.05, 0) is 60.5 Å². The number of halogens is 2. The third kappa shape index (κ3) is 8.33. The Balaban J connectivity index is 1.29. The minimum atomic E-state index is -0.496. The van der Waals surface area contributed by atoms with Crippen molar-refractivity contribution in [2.45, 2.75) is 45.4 Å². The van der Waals surface area contributed by atoms with Crippen LogP contribution in [0.15, 0.2) is 58.1 Å². The first-order chi connectivity index (χ1) is 19.5. The summed E-state index contributed by atoms with van der Waals surface area (Å²) in [6.45, 7) is 3.61.